The fourth-order valence-electron chi connectivity index (χ4n) is 2.55. The lowest BCUT2D eigenvalue weighted by atomic mass is 9.89. The summed E-state index contributed by atoms with van der Waals surface area (Å²) in [7, 11) is 0. The van der Waals surface area contributed by atoms with Gasteiger partial charge in [0, 0.05) is 31.4 Å². The van der Waals surface area contributed by atoms with Crippen molar-refractivity contribution >= 4 is 5.82 Å². The first kappa shape index (κ1) is 15.3. The van der Waals surface area contributed by atoms with Gasteiger partial charge in [-0.2, -0.15) is 0 Å². The van der Waals surface area contributed by atoms with Gasteiger partial charge in [-0.3, -0.25) is 0 Å². The number of pyridine rings is 1. The van der Waals surface area contributed by atoms with Crippen molar-refractivity contribution in [2.45, 2.75) is 53.1 Å². The van der Waals surface area contributed by atoms with E-state index in [0.717, 1.165) is 37.3 Å². The number of anilines is 1. The summed E-state index contributed by atoms with van der Waals surface area (Å²) in [6.45, 7) is 14.4. The highest BCUT2D eigenvalue weighted by Gasteiger charge is 2.23. The molecule has 0 aromatic carbocycles. The molecule has 1 aliphatic heterocycles. The van der Waals surface area contributed by atoms with Crippen LogP contribution < -0.4 is 10.2 Å². The summed E-state index contributed by atoms with van der Waals surface area (Å²) in [4.78, 5) is 7.07. The third-order valence-corrected chi connectivity index (χ3v) is 4.29. The van der Waals surface area contributed by atoms with Crippen LogP contribution in [0, 0.1) is 11.8 Å². The molecule has 0 aliphatic carbocycles. The molecular weight excluding hydrogens is 246 g/mol. The third kappa shape index (κ3) is 4.20. The quantitative estimate of drug-likeness (QED) is 0.916. The number of hydrogen-bond donors (Lipinski definition) is 1. The van der Waals surface area contributed by atoms with Gasteiger partial charge in [0.1, 0.15) is 5.82 Å². The van der Waals surface area contributed by atoms with Crippen molar-refractivity contribution in [3.05, 3.63) is 23.9 Å². The molecular formula is C17H29N3. The van der Waals surface area contributed by atoms with E-state index in [1.807, 2.05) is 6.20 Å². The molecule has 0 radical (unpaired) electrons. The van der Waals surface area contributed by atoms with Gasteiger partial charge in [-0.15, -0.1) is 0 Å². The minimum atomic E-state index is 0.150. The van der Waals surface area contributed by atoms with Crippen LogP contribution in [-0.2, 0) is 6.54 Å². The molecule has 0 amide bonds. The molecule has 1 N–H and O–H groups in total. The summed E-state index contributed by atoms with van der Waals surface area (Å²) in [5, 5.41) is 3.50. The summed E-state index contributed by atoms with van der Waals surface area (Å²) in [6, 6.07) is 4.37. The van der Waals surface area contributed by atoms with Gasteiger partial charge >= 0.3 is 0 Å². The second-order valence-corrected chi connectivity index (χ2v) is 7.32. The number of nitrogens with one attached hydrogen (secondary N) is 1. The number of hydrogen-bond acceptors (Lipinski definition) is 3. The zero-order chi connectivity index (χ0) is 14.8. The van der Waals surface area contributed by atoms with Crippen LogP contribution in [0.4, 0.5) is 5.82 Å². The van der Waals surface area contributed by atoms with Crippen molar-refractivity contribution in [2.24, 2.45) is 11.8 Å². The van der Waals surface area contributed by atoms with E-state index in [-0.39, 0.29) is 5.54 Å². The molecule has 0 spiro atoms. The lowest BCUT2D eigenvalue weighted by Crippen LogP contribution is -2.39. The molecule has 2 atom stereocenters. The zero-order valence-electron chi connectivity index (χ0n) is 13.6. The molecule has 2 unspecified atom stereocenters. The number of aromatic nitrogens is 1. The minimum Gasteiger partial charge on any atom is -0.356 e. The average Bonchev–Trinajstić information content (AvgIpc) is 2.39. The average molecular weight is 275 g/mol. The molecule has 1 aromatic rings. The van der Waals surface area contributed by atoms with E-state index in [2.05, 4.69) is 62.0 Å². The first-order valence-electron chi connectivity index (χ1n) is 7.80. The van der Waals surface area contributed by atoms with Gasteiger partial charge in [-0.25, -0.2) is 4.98 Å². The first-order chi connectivity index (χ1) is 9.35. The van der Waals surface area contributed by atoms with Crippen molar-refractivity contribution in [3.63, 3.8) is 0 Å². The van der Waals surface area contributed by atoms with E-state index in [4.69, 9.17) is 0 Å². The SMILES string of the molecule is CC1CCN(c2ccc(CNC(C)(C)C)cn2)CC1C. The predicted octanol–water partition coefficient (Wildman–Crippen LogP) is 3.45. The Labute approximate surface area is 123 Å². The van der Waals surface area contributed by atoms with Crippen LogP contribution in [0.5, 0.6) is 0 Å². The fraction of sp³-hybridized carbons (Fsp3) is 0.706. The van der Waals surface area contributed by atoms with Crippen molar-refractivity contribution < 1.29 is 0 Å². The smallest absolute Gasteiger partial charge is 0.128 e. The van der Waals surface area contributed by atoms with E-state index in [9.17, 15) is 0 Å². The van der Waals surface area contributed by atoms with E-state index < -0.39 is 0 Å². The Bertz CT molecular complexity index is 419. The van der Waals surface area contributed by atoms with Crippen LogP contribution in [0.1, 0.15) is 46.6 Å². The van der Waals surface area contributed by atoms with Gasteiger partial charge in [0.2, 0.25) is 0 Å². The monoisotopic (exact) mass is 275 g/mol. The molecule has 1 saturated heterocycles. The van der Waals surface area contributed by atoms with Gasteiger partial charge in [0.15, 0.2) is 0 Å². The third-order valence-electron chi connectivity index (χ3n) is 4.29. The normalized spacial score (nSPS) is 23.9. The van der Waals surface area contributed by atoms with E-state index in [0.29, 0.717) is 0 Å². The molecule has 1 aromatic heterocycles. The molecule has 3 heteroatoms. The van der Waals surface area contributed by atoms with Crippen LogP contribution >= 0.6 is 0 Å². The standard InChI is InChI=1S/C17H29N3/c1-13-8-9-20(12-14(13)2)16-7-6-15(10-18-16)11-19-17(3,4)5/h6-7,10,13-14,19H,8-9,11-12H2,1-5H3. The molecule has 20 heavy (non-hydrogen) atoms. The second-order valence-electron chi connectivity index (χ2n) is 7.32. The van der Waals surface area contributed by atoms with Crippen LogP contribution in [-0.4, -0.2) is 23.6 Å². The zero-order valence-corrected chi connectivity index (χ0v) is 13.6. The van der Waals surface area contributed by atoms with Crippen LogP contribution in [0.15, 0.2) is 18.3 Å². The van der Waals surface area contributed by atoms with Gasteiger partial charge in [-0.1, -0.05) is 19.9 Å². The summed E-state index contributed by atoms with van der Waals surface area (Å²) >= 11 is 0. The fourth-order valence-corrected chi connectivity index (χ4v) is 2.55. The Hall–Kier alpha value is -1.09. The van der Waals surface area contributed by atoms with Crippen molar-refractivity contribution in [1.29, 1.82) is 0 Å². The van der Waals surface area contributed by atoms with Crippen molar-refractivity contribution in [2.75, 3.05) is 18.0 Å². The van der Waals surface area contributed by atoms with Crippen molar-refractivity contribution in [1.82, 2.24) is 10.3 Å². The van der Waals surface area contributed by atoms with Gasteiger partial charge < -0.3 is 10.2 Å². The Morgan fingerprint density at radius 1 is 1.25 bits per heavy atom. The maximum Gasteiger partial charge on any atom is 0.128 e. The molecule has 0 bridgehead atoms. The number of rotatable bonds is 3. The Kier molecular flexibility index (Phi) is 4.69. The largest absolute Gasteiger partial charge is 0.356 e. The molecule has 1 fully saturated rings. The molecule has 2 heterocycles. The van der Waals surface area contributed by atoms with Gasteiger partial charge in [0.25, 0.3) is 0 Å². The van der Waals surface area contributed by atoms with E-state index in [1.165, 1.54) is 12.0 Å². The first-order valence-corrected chi connectivity index (χ1v) is 7.80. The second kappa shape index (κ2) is 6.13. The molecule has 3 nitrogen and oxygen atoms in total. The summed E-state index contributed by atoms with van der Waals surface area (Å²) < 4.78 is 0. The van der Waals surface area contributed by atoms with Gasteiger partial charge in [0.05, 0.1) is 0 Å². The highest BCUT2D eigenvalue weighted by atomic mass is 15.2. The Morgan fingerprint density at radius 3 is 2.55 bits per heavy atom. The van der Waals surface area contributed by atoms with Crippen LogP contribution in [0.2, 0.25) is 0 Å². The Morgan fingerprint density at radius 2 is 2.00 bits per heavy atom. The lowest BCUT2D eigenvalue weighted by Gasteiger charge is -2.36. The molecule has 112 valence electrons. The summed E-state index contributed by atoms with van der Waals surface area (Å²) in [5.74, 6) is 2.72. The van der Waals surface area contributed by atoms with Crippen LogP contribution in [0.25, 0.3) is 0 Å². The Balaban J connectivity index is 1.94. The van der Waals surface area contributed by atoms with E-state index in [1.54, 1.807) is 0 Å². The molecule has 2 rings (SSSR count). The highest BCUT2D eigenvalue weighted by molar-refractivity contribution is 5.40. The topological polar surface area (TPSA) is 28.2 Å². The maximum atomic E-state index is 4.65. The maximum absolute atomic E-state index is 4.65. The summed E-state index contributed by atoms with van der Waals surface area (Å²) in [6.07, 6.45) is 3.28. The molecule has 0 saturated carbocycles. The lowest BCUT2D eigenvalue weighted by molar-refractivity contribution is 0.323. The van der Waals surface area contributed by atoms with Crippen LogP contribution in [0.3, 0.4) is 0 Å². The number of piperidine rings is 1. The highest BCUT2D eigenvalue weighted by Crippen LogP contribution is 2.25. The van der Waals surface area contributed by atoms with E-state index >= 15 is 0 Å². The summed E-state index contributed by atoms with van der Waals surface area (Å²) in [5.41, 5.74) is 1.40. The molecule has 1 aliphatic rings. The predicted molar refractivity (Wildman–Crippen MR) is 86.0 cm³/mol. The minimum absolute atomic E-state index is 0.150. The van der Waals surface area contributed by atoms with Crippen molar-refractivity contribution in [3.8, 4) is 0 Å². The van der Waals surface area contributed by atoms with Gasteiger partial charge in [-0.05, 0) is 50.7 Å². The number of nitrogens with zero attached hydrogens (tertiary/aromatic N) is 2.